The van der Waals surface area contributed by atoms with Crippen molar-refractivity contribution in [2.75, 3.05) is 6.61 Å². The summed E-state index contributed by atoms with van der Waals surface area (Å²) >= 11 is 0. The smallest absolute Gasteiger partial charge is 0.129 e. The number of hydrogen-bond acceptors (Lipinski definition) is 1. The van der Waals surface area contributed by atoms with Crippen molar-refractivity contribution in [2.24, 2.45) is 11.8 Å². The molecule has 1 aliphatic carbocycles. The van der Waals surface area contributed by atoms with Gasteiger partial charge in [0.1, 0.15) is 8.07 Å². The highest BCUT2D eigenvalue weighted by atomic mass is 28.3. The molecule has 2 heteroatoms. The maximum absolute atomic E-state index is 8.75. The van der Waals surface area contributed by atoms with Crippen molar-refractivity contribution in [2.45, 2.75) is 26.1 Å². The molecule has 1 nitrogen and oxygen atoms in total. The van der Waals surface area contributed by atoms with E-state index in [1.807, 2.05) is 0 Å². The molecular formula is C9H16OSi. The fourth-order valence-corrected chi connectivity index (χ4v) is 1.55. The lowest BCUT2D eigenvalue weighted by Gasteiger charge is -2.02. The molecule has 0 aromatic carbocycles. The third kappa shape index (κ3) is 3.09. The number of aliphatic hydroxyl groups is 1. The Hall–Kier alpha value is -0.263. The zero-order chi connectivity index (χ0) is 8.48. The summed E-state index contributed by atoms with van der Waals surface area (Å²) < 4.78 is 0. The van der Waals surface area contributed by atoms with Gasteiger partial charge in [-0.1, -0.05) is 19.6 Å². The Morgan fingerprint density at radius 3 is 2.45 bits per heavy atom. The molecule has 1 rings (SSSR count). The second-order valence-electron chi connectivity index (χ2n) is 4.30. The first kappa shape index (κ1) is 8.83. The van der Waals surface area contributed by atoms with E-state index < -0.39 is 8.07 Å². The largest absolute Gasteiger partial charge is 0.396 e. The van der Waals surface area contributed by atoms with Gasteiger partial charge in [0.2, 0.25) is 0 Å². The maximum Gasteiger partial charge on any atom is 0.129 e. The molecule has 1 N–H and O–H groups in total. The Morgan fingerprint density at radius 2 is 2.09 bits per heavy atom. The monoisotopic (exact) mass is 168 g/mol. The van der Waals surface area contributed by atoms with Gasteiger partial charge in [0, 0.05) is 12.5 Å². The normalized spacial score (nSPS) is 29.1. The Labute approximate surface area is 69.8 Å². The van der Waals surface area contributed by atoms with E-state index in [1.54, 1.807) is 0 Å². The Bertz CT molecular complexity index is 194. The standard InChI is InChI=1S/C9H16OSi/c1-11(2,3)5-4-8-6-9(8)7-10/h8-10H,6-7H2,1-3H3. The molecule has 2 unspecified atom stereocenters. The van der Waals surface area contributed by atoms with E-state index in [2.05, 4.69) is 31.1 Å². The van der Waals surface area contributed by atoms with Gasteiger partial charge in [0.25, 0.3) is 0 Å². The fraction of sp³-hybridized carbons (Fsp3) is 0.778. The summed E-state index contributed by atoms with van der Waals surface area (Å²) in [6.45, 7) is 7.06. The molecule has 0 amide bonds. The fourth-order valence-electron chi connectivity index (χ4n) is 0.935. The third-order valence-electron chi connectivity index (χ3n) is 1.79. The summed E-state index contributed by atoms with van der Waals surface area (Å²) in [5, 5.41) is 8.75. The van der Waals surface area contributed by atoms with E-state index in [1.165, 1.54) is 0 Å². The zero-order valence-corrected chi connectivity index (χ0v) is 8.52. The predicted molar refractivity (Wildman–Crippen MR) is 49.8 cm³/mol. The second kappa shape index (κ2) is 3.00. The van der Waals surface area contributed by atoms with E-state index >= 15 is 0 Å². The van der Waals surface area contributed by atoms with Crippen molar-refractivity contribution in [1.29, 1.82) is 0 Å². The first-order chi connectivity index (χ1) is 5.03. The molecular weight excluding hydrogens is 152 g/mol. The van der Waals surface area contributed by atoms with Crippen molar-refractivity contribution >= 4 is 8.07 Å². The van der Waals surface area contributed by atoms with Crippen LogP contribution in [0.1, 0.15) is 6.42 Å². The van der Waals surface area contributed by atoms with Crippen LogP contribution in [0, 0.1) is 23.3 Å². The average Bonchev–Trinajstić information content (AvgIpc) is 2.60. The van der Waals surface area contributed by atoms with Crippen LogP contribution in [0.15, 0.2) is 0 Å². The predicted octanol–water partition coefficient (Wildman–Crippen LogP) is 1.50. The topological polar surface area (TPSA) is 20.2 Å². The number of aliphatic hydroxyl groups excluding tert-OH is 1. The molecule has 62 valence electrons. The van der Waals surface area contributed by atoms with Crippen LogP contribution in [-0.4, -0.2) is 19.8 Å². The molecule has 0 aromatic rings. The molecule has 0 radical (unpaired) electrons. The van der Waals surface area contributed by atoms with Gasteiger partial charge in [-0.25, -0.2) is 0 Å². The van der Waals surface area contributed by atoms with Gasteiger partial charge in [0.15, 0.2) is 0 Å². The van der Waals surface area contributed by atoms with Crippen molar-refractivity contribution in [3.63, 3.8) is 0 Å². The molecule has 11 heavy (non-hydrogen) atoms. The van der Waals surface area contributed by atoms with Crippen molar-refractivity contribution in [3.05, 3.63) is 0 Å². The van der Waals surface area contributed by atoms with Crippen molar-refractivity contribution < 1.29 is 5.11 Å². The maximum atomic E-state index is 8.75. The Morgan fingerprint density at radius 1 is 1.45 bits per heavy atom. The Kier molecular flexibility index (Phi) is 2.41. The van der Waals surface area contributed by atoms with Crippen LogP contribution < -0.4 is 0 Å². The molecule has 0 heterocycles. The van der Waals surface area contributed by atoms with Crippen LogP contribution in [0.25, 0.3) is 0 Å². The quantitative estimate of drug-likeness (QED) is 0.464. The molecule has 1 fully saturated rings. The summed E-state index contributed by atoms with van der Waals surface area (Å²) in [4.78, 5) is 0. The third-order valence-corrected chi connectivity index (χ3v) is 2.68. The van der Waals surface area contributed by atoms with E-state index in [9.17, 15) is 0 Å². The van der Waals surface area contributed by atoms with Gasteiger partial charge in [-0.3, -0.25) is 0 Å². The lowest BCUT2D eigenvalue weighted by atomic mass is 10.3. The minimum atomic E-state index is -1.17. The minimum Gasteiger partial charge on any atom is -0.396 e. The van der Waals surface area contributed by atoms with E-state index in [0.29, 0.717) is 18.4 Å². The SMILES string of the molecule is C[Si](C)(C)C#CC1CC1CO. The van der Waals surface area contributed by atoms with Crippen LogP contribution in [0.5, 0.6) is 0 Å². The molecule has 0 bridgehead atoms. The molecule has 0 saturated heterocycles. The summed E-state index contributed by atoms with van der Waals surface area (Å²) in [6.07, 6.45) is 1.12. The summed E-state index contributed by atoms with van der Waals surface area (Å²) in [6, 6.07) is 0. The average molecular weight is 168 g/mol. The van der Waals surface area contributed by atoms with E-state index in [4.69, 9.17) is 5.11 Å². The van der Waals surface area contributed by atoms with Gasteiger partial charge in [0.05, 0.1) is 0 Å². The molecule has 0 spiro atoms. The highest BCUT2D eigenvalue weighted by Gasteiger charge is 2.34. The lowest BCUT2D eigenvalue weighted by molar-refractivity contribution is 0.273. The van der Waals surface area contributed by atoms with Crippen LogP contribution in [-0.2, 0) is 0 Å². The highest BCUT2D eigenvalue weighted by Crippen LogP contribution is 2.36. The van der Waals surface area contributed by atoms with Crippen molar-refractivity contribution in [1.82, 2.24) is 0 Å². The Balaban J connectivity index is 2.36. The van der Waals surface area contributed by atoms with Gasteiger partial charge < -0.3 is 5.11 Å². The lowest BCUT2D eigenvalue weighted by Crippen LogP contribution is -2.16. The summed E-state index contributed by atoms with van der Waals surface area (Å²) in [7, 11) is -1.17. The van der Waals surface area contributed by atoms with Gasteiger partial charge in [-0.05, 0) is 12.3 Å². The minimum absolute atomic E-state index is 0.324. The van der Waals surface area contributed by atoms with E-state index in [-0.39, 0.29) is 0 Å². The number of hydrogen-bond donors (Lipinski definition) is 1. The summed E-state index contributed by atoms with van der Waals surface area (Å²) in [5.74, 6) is 4.27. The van der Waals surface area contributed by atoms with Crippen LogP contribution in [0.4, 0.5) is 0 Å². The van der Waals surface area contributed by atoms with Gasteiger partial charge in [-0.15, -0.1) is 11.5 Å². The van der Waals surface area contributed by atoms with Crippen molar-refractivity contribution in [3.8, 4) is 11.5 Å². The van der Waals surface area contributed by atoms with E-state index in [0.717, 1.165) is 6.42 Å². The molecule has 0 aliphatic heterocycles. The van der Waals surface area contributed by atoms with Crippen LogP contribution in [0.2, 0.25) is 19.6 Å². The molecule has 2 atom stereocenters. The first-order valence-electron chi connectivity index (χ1n) is 4.16. The second-order valence-corrected chi connectivity index (χ2v) is 9.05. The highest BCUT2D eigenvalue weighted by molar-refractivity contribution is 6.83. The first-order valence-corrected chi connectivity index (χ1v) is 7.66. The zero-order valence-electron chi connectivity index (χ0n) is 7.52. The molecule has 1 saturated carbocycles. The van der Waals surface area contributed by atoms with Crippen LogP contribution in [0.3, 0.4) is 0 Å². The van der Waals surface area contributed by atoms with Gasteiger partial charge >= 0.3 is 0 Å². The summed E-state index contributed by atoms with van der Waals surface area (Å²) in [5.41, 5.74) is 3.33. The molecule has 1 aliphatic rings. The van der Waals surface area contributed by atoms with Crippen LogP contribution >= 0.6 is 0 Å². The molecule has 0 aromatic heterocycles. The van der Waals surface area contributed by atoms with Gasteiger partial charge in [-0.2, -0.15) is 0 Å². The number of rotatable bonds is 1.